The van der Waals surface area contributed by atoms with Crippen LogP contribution < -0.4 is 33.6 Å². The fraction of sp³-hybridized carbons (Fsp3) is 0.783. The van der Waals surface area contributed by atoms with Crippen LogP contribution in [0, 0.1) is 5.92 Å². The van der Waals surface area contributed by atoms with E-state index in [1.54, 1.807) is 6.92 Å². The summed E-state index contributed by atoms with van der Waals surface area (Å²) in [6.07, 6.45) is 4.03. The number of carbonyl (C=O) groups excluding carboxylic acids is 3. The van der Waals surface area contributed by atoms with Crippen molar-refractivity contribution in [2.24, 2.45) is 33.8 Å². The molecule has 1 aliphatic heterocycles. The Labute approximate surface area is 212 Å². The summed E-state index contributed by atoms with van der Waals surface area (Å²) in [5, 5.41) is 14.9. The van der Waals surface area contributed by atoms with Crippen molar-refractivity contribution in [3.8, 4) is 0 Å². The number of nitrogens with zero attached hydrogens (tertiary/aromatic N) is 2. The highest BCUT2D eigenvalue weighted by atomic mass is 16.4. The average molecular weight is 513 g/mol. The van der Waals surface area contributed by atoms with Gasteiger partial charge in [-0.15, -0.1) is 0 Å². The number of carboxylic acid groups (broad SMARTS) is 1. The van der Waals surface area contributed by atoms with Crippen molar-refractivity contribution < 1.29 is 24.3 Å². The first-order chi connectivity index (χ1) is 17.0. The van der Waals surface area contributed by atoms with E-state index in [0.29, 0.717) is 71.0 Å². The number of aliphatic imine (C=N–C) groups is 1. The van der Waals surface area contributed by atoms with Crippen LogP contribution in [0.15, 0.2) is 4.99 Å². The summed E-state index contributed by atoms with van der Waals surface area (Å²) in [6.45, 7) is 4.71. The molecule has 0 spiro atoms. The van der Waals surface area contributed by atoms with Gasteiger partial charge in [-0.1, -0.05) is 20.3 Å². The molecule has 0 aromatic carbocycles. The quantitative estimate of drug-likeness (QED) is 0.0729. The maximum Gasteiger partial charge on any atom is 0.326 e. The molecule has 0 aromatic rings. The summed E-state index contributed by atoms with van der Waals surface area (Å²) in [4.78, 5) is 56.1. The number of hydrogen-bond donors (Lipinski definition) is 7. The van der Waals surface area contributed by atoms with Crippen molar-refractivity contribution in [3.05, 3.63) is 0 Å². The summed E-state index contributed by atoms with van der Waals surface area (Å²) < 4.78 is 0. The van der Waals surface area contributed by atoms with Crippen LogP contribution >= 0.6 is 0 Å². The molecule has 5 atom stereocenters. The molecule has 5 unspecified atom stereocenters. The number of nitrogens with one attached hydrogen (secondary N) is 2. The minimum atomic E-state index is -1.12. The van der Waals surface area contributed by atoms with E-state index in [1.165, 1.54) is 4.90 Å². The van der Waals surface area contributed by atoms with Gasteiger partial charge in [0.1, 0.15) is 18.1 Å². The van der Waals surface area contributed by atoms with E-state index in [9.17, 15) is 24.3 Å². The normalized spacial score (nSPS) is 18.6. The molecule has 1 aliphatic rings. The van der Waals surface area contributed by atoms with Gasteiger partial charge >= 0.3 is 5.97 Å². The lowest BCUT2D eigenvalue weighted by Gasteiger charge is -2.30. The number of aliphatic carboxylic acids is 1. The topological polar surface area (TPSA) is 232 Å². The molecular weight excluding hydrogens is 468 g/mol. The van der Waals surface area contributed by atoms with Crippen molar-refractivity contribution in [1.29, 1.82) is 0 Å². The van der Waals surface area contributed by atoms with Crippen LogP contribution in [0.2, 0.25) is 0 Å². The highest BCUT2D eigenvalue weighted by Crippen LogP contribution is 2.21. The second-order valence-electron chi connectivity index (χ2n) is 9.30. The van der Waals surface area contributed by atoms with E-state index in [2.05, 4.69) is 15.6 Å². The van der Waals surface area contributed by atoms with E-state index in [-0.39, 0.29) is 17.8 Å². The standard InChI is InChI=1S/C23H44N8O5/c1-3-14(2)18(22(35)36)30-20(33)17-10-7-13-31(17)21(34)16(9-4-5-11-24)29-19(32)15(25)8-6-12-28-23(26)27/h14-18H,3-13,24-25H2,1-2H3,(H,29,32)(H,30,33)(H,35,36)(H4,26,27,28). The predicted octanol–water partition coefficient (Wildman–Crippen LogP) is -1.41. The summed E-state index contributed by atoms with van der Waals surface area (Å²) in [7, 11) is 0. The van der Waals surface area contributed by atoms with Gasteiger partial charge in [-0.25, -0.2) is 4.79 Å². The maximum absolute atomic E-state index is 13.5. The number of likely N-dealkylation sites (tertiary alicyclic amines) is 1. The zero-order valence-corrected chi connectivity index (χ0v) is 21.4. The second-order valence-corrected chi connectivity index (χ2v) is 9.30. The van der Waals surface area contributed by atoms with Crippen LogP contribution in [0.1, 0.15) is 65.2 Å². The number of rotatable bonds is 16. The average Bonchev–Trinajstić information content (AvgIpc) is 3.33. The first-order valence-corrected chi connectivity index (χ1v) is 12.7. The molecule has 0 bridgehead atoms. The van der Waals surface area contributed by atoms with Gasteiger partial charge in [0.25, 0.3) is 0 Å². The van der Waals surface area contributed by atoms with Crippen molar-refractivity contribution >= 4 is 29.7 Å². The Morgan fingerprint density at radius 2 is 1.81 bits per heavy atom. The van der Waals surface area contributed by atoms with Gasteiger partial charge in [0.2, 0.25) is 17.7 Å². The minimum Gasteiger partial charge on any atom is -0.480 e. The van der Waals surface area contributed by atoms with Gasteiger partial charge < -0.3 is 43.6 Å². The first-order valence-electron chi connectivity index (χ1n) is 12.7. The van der Waals surface area contributed by atoms with Crippen LogP contribution in [-0.2, 0) is 19.2 Å². The van der Waals surface area contributed by atoms with Crippen molar-refractivity contribution in [3.63, 3.8) is 0 Å². The van der Waals surface area contributed by atoms with Gasteiger partial charge in [-0.2, -0.15) is 0 Å². The Bertz CT molecular complexity index is 774. The third-order valence-corrected chi connectivity index (χ3v) is 6.48. The van der Waals surface area contributed by atoms with Crippen LogP contribution in [0.3, 0.4) is 0 Å². The molecule has 0 aromatic heterocycles. The largest absolute Gasteiger partial charge is 0.480 e. The Morgan fingerprint density at radius 1 is 1.11 bits per heavy atom. The lowest BCUT2D eigenvalue weighted by Crippen LogP contribution is -2.57. The fourth-order valence-corrected chi connectivity index (χ4v) is 4.12. The summed E-state index contributed by atoms with van der Waals surface area (Å²) in [6, 6.07) is -3.57. The van der Waals surface area contributed by atoms with Gasteiger partial charge in [-0.05, 0) is 57.4 Å². The van der Waals surface area contributed by atoms with Gasteiger partial charge in [0.15, 0.2) is 5.96 Å². The van der Waals surface area contributed by atoms with Crippen molar-refractivity contribution in [2.45, 2.75) is 89.4 Å². The number of amides is 3. The number of carboxylic acids is 1. The van der Waals surface area contributed by atoms with E-state index < -0.39 is 42.0 Å². The first kappa shape index (κ1) is 31.1. The lowest BCUT2D eigenvalue weighted by atomic mass is 9.98. The molecule has 0 radical (unpaired) electrons. The van der Waals surface area contributed by atoms with Gasteiger partial charge in [0.05, 0.1) is 6.04 Å². The predicted molar refractivity (Wildman–Crippen MR) is 136 cm³/mol. The maximum atomic E-state index is 13.5. The zero-order valence-electron chi connectivity index (χ0n) is 21.4. The summed E-state index contributed by atoms with van der Waals surface area (Å²) in [5.74, 6) is -2.79. The van der Waals surface area contributed by atoms with Gasteiger partial charge in [0, 0.05) is 13.1 Å². The summed E-state index contributed by atoms with van der Waals surface area (Å²) >= 11 is 0. The van der Waals surface area contributed by atoms with E-state index in [1.807, 2.05) is 6.92 Å². The molecule has 3 amide bonds. The van der Waals surface area contributed by atoms with E-state index in [4.69, 9.17) is 22.9 Å². The molecule has 13 heteroatoms. The Morgan fingerprint density at radius 3 is 2.39 bits per heavy atom. The molecule has 0 aliphatic carbocycles. The van der Waals surface area contributed by atoms with Crippen LogP contribution in [0.5, 0.6) is 0 Å². The summed E-state index contributed by atoms with van der Waals surface area (Å²) in [5.41, 5.74) is 22.2. The molecular formula is C23H44N8O5. The monoisotopic (exact) mass is 512 g/mol. The minimum absolute atomic E-state index is 0.0402. The Balaban J connectivity index is 2.90. The number of nitrogens with two attached hydrogens (primary N) is 4. The van der Waals surface area contributed by atoms with E-state index in [0.717, 1.165) is 0 Å². The number of carbonyl (C=O) groups is 4. The van der Waals surface area contributed by atoms with Crippen molar-refractivity contribution in [2.75, 3.05) is 19.6 Å². The molecule has 36 heavy (non-hydrogen) atoms. The molecule has 11 N–H and O–H groups in total. The van der Waals surface area contributed by atoms with E-state index >= 15 is 0 Å². The number of unbranched alkanes of at least 4 members (excludes halogenated alkanes) is 1. The SMILES string of the molecule is CCC(C)C(NC(=O)C1CCCN1C(=O)C(CCCCN)NC(=O)C(N)CCCN=C(N)N)C(=O)O. The van der Waals surface area contributed by atoms with Crippen LogP contribution in [0.25, 0.3) is 0 Å². The smallest absolute Gasteiger partial charge is 0.326 e. The van der Waals surface area contributed by atoms with Crippen LogP contribution in [-0.4, -0.2) is 83.5 Å². The zero-order chi connectivity index (χ0) is 27.3. The molecule has 13 nitrogen and oxygen atoms in total. The highest BCUT2D eigenvalue weighted by Gasteiger charge is 2.39. The second kappa shape index (κ2) is 15.9. The van der Waals surface area contributed by atoms with Gasteiger partial charge in [-0.3, -0.25) is 19.4 Å². The molecule has 1 heterocycles. The molecule has 1 fully saturated rings. The van der Waals surface area contributed by atoms with Crippen molar-refractivity contribution in [1.82, 2.24) is 15.5 Å². The number of hydrogen-bond acceptors (Lipinski definition) is 7. The lowest BCUT2D eigenvalue weighted by molar-refractivity contribution is -0.146. The molecule has 1 saturated heterocycles. The van der Waals surface area contributed by atoms with Crippen LogP contribution in [0.4, 0.5) is 0 Å². The fourth-order valence-electron chi connectivity index (χ4n) is 4.12. The molecule has 206 valence electrons. The third kappa shape index (κ3) is 9.97. The Kier molecular flexibility index (Phi) is 13.8. The third-order valence-electron chi connectivity index (χ3n) is 6.48. The highest BCUT2D eigenvalue weighted by molar-refractivity contribution is 5.94. The number of guanidine groups is 1. The molecule has 1 rings (SSSR count). The Hall–Kier alpha value is -2.93. The molecule has 0 saturated carbocycles.